The van der Waals surface area contributed by atoms with Crippen LogP contribution in [0.2, 0.25) is 0 Å². The molecule has 0 saturated carbocycles. The summed E-state index contributed by atoms with van der Waals surface area (Å²) in [6, 6.07) is 0. The average molecular weight is 444 g/mol. The van der Waals surface area contributed by atoms with Crippen LogP contribution in [0, 0.1) is 0 Å². The Morgan fingerprint density at radius 1 is 0.654 bits per heavy atom. The zero-order valence-electron chi connectivity index (χ0n) is 11.0. The maximum Gasteiger partial charge on any atom is 0.460 e. The van der Waals surface area contributed by atoms with Gasteiger partial charge >= 0.3 is 35.8 Å². The molecule has 0 aromatic heterocycles. The van der Waals surface area contributed by atoms with Gasteiger partial charge in [-0.25, -0.2) is 4.39 Å². The van der Waals surface area contributed by atoms with Crippen LogP contribution in [0.3, 0.4) is 0 Å². The molecule has 1 N–H and O–H groups in total. The van der Waals surface area contributed by atoms with Crippen LogP contribution in [0.15, 0.2) is 11.2 Å². The monoisotopic (exact) mass is 444 g/mol. The van der Waals surface area contributed by atoms with Gasteiger partial charge in [0.2, 0.25) is 0 Å². The van der Waals surface area contributed by atoms with Crippen LogP contribution in [0.4, 0.5) is 61.5 Å². The van der Waals surface area contributed by atoms with E-state index in [0.29, 0.717) is 0 Å². The van der Waals surface area contributed by atoms with E-state index in [0.717, 1.165) is 0 Å². The van der Waals surface area contributed by atoms with E-state index in [1.165, 1.54) is 0 Å². The van der Waals surface area contributed by atoms with Gasteiger partial charge in [0.1, 0.15) is 0 Å². The Morgan fingerprint density at radius 3 is 1.23 bits per heavy atom. The number of rotatable bonds is 6. The summed E-state index contributed by atoms with van der Waals surface area (Å²) in [4.78, 5) is 0. The topological polar surface area (TPSA) is 54.4 Å². The van der Waals surface area contributed by atoms with Crippen LogP contribution in [-0.4, -0.2) is 48.8 Å². The summed E-state index contributed by atoms with van der Waals surface area (Å²) < 4.78 is 204. The van der Waals surface area contributed by atoms with Crippen molar-refractivity contribution in [3.63, 3.8) is 0 Å². The van der Waals surface area contributed by atoms with Crippen LogP contribution in [0.25, 0.3) is 0 Å². The third-order valence-electron chi connectivity index (χ3n) is 2.49. The molecule has 0 rings (SSSR count). The molecule has 0 saturated heterocycles. The fraction of sp³-hybridized carbons (Fsp3) is 0.750. The Hall–Kier alpha value is -1.33. The first-order chi connectivity index (χ1) is 10.9. The molecule has 18 heteroatoms. The third kappa shape index (κ3) is 3.56. The van der Waals surface area contributed by atoms with Crippen LogP contribution >= 0.6 is 0 Å². The Kier molecular flexibility index (Phi) is 5.78. The second-order valence-electron chi connectivity index (χ2n) is 4.35. The van der Waals surface area contributed by atoms with Crippen LogP contribution in [-0.2, 0) is 10.1 Å². The summed E-state index contributed by atoms with van der Waals surface area (Å²) in [6.07, 6.45) is -7.63. The molecule has 0 aliphatic rings. The lowest BCUT2D eigenvalue weighted by Gasteiger charge is -2.39. The molecule has 0 aliphatic carbocycles. The lowest BCUT2D eigenvalue weighted by molar-refractivity contribution is -0.437. The van der Waals surface area contributed by atoms with Crippen molar-refractivity contribution in [3.05, 3.63) is 11.2 Å². The molecule has 0 fully saturated rings. The summed E-state index contributed by atoms with van der Waals surface area (Å²) in [5, 5.41) is -1.88. The molecule has 0 spiro atoms. The van der Waals surface area contributed by atoms with Gasteiger partial charge in [-0.2, -0.15) is 65.5 Å². The standard InChI is InChI=1S/C8H2F14O3S/c9-2(1-26(23,24)25)3(10,11)4(12,13)5(14,15)6(16,17)7(18,19)8(20,21)22/h1H,(H,23,24,25)/b2-1-. The fourth-order valence-electron chi connectivity index (χ4n) is 1.12. The Morgan fingerprint density at radius 2 is 0.962 bits per heavy atom. The van der Waals surface area contributed by atoms with E-state index in [1.807, 2.05) is 0 Å². The molecule has 0 aromatic rings. The van der Waals surface area contributed by atoms with Gasteiger partial charge in [0, 0.05) is 0 Å². The van der Waals surface area contributed by atoms with Gasteiger partial charge < -0.3 is 0 Å². The van der Waals surface area contributed by atoms with Crippen molar-refractivity contribution >= 4 is 10.1 Å². The maximum absolute atomic E-state index is 13.0. The summed E-state index contributed by atoms with van der Waals surface area (Å²) >= 11 is 0. The number of halogens is 14. The van der Waals surface area contributed by atoms with Crippen LogP contribution in [0.5, 0.6) is 0 Å². The molecule has 0 aromatic carbocycles. The zero-order valence-corrected chi connectivity index (χ0v) is 11.9. The smallest absolute Gasteiger partial charge is 0.282 e. The van der Waals surface area contributed by atoms with E-state index in [-0.39, 0.29) is 0 Å². The molecule has 3 nitrogen and oxygen atoms in total. The van der Waals surface area contributed by atoms with Crippen molar-refractivity contribution in [3.8, 4) is 0 Å². The van der Waals surface area contributed by atoms with E-state index < -0.39 is 57.1 Å². The van der Waals surface area contributed by atoms with Gasteiger partial charge in [-0.3, -0.25) is 4.55 Å². The Balaban J connectivity index is 6.56. The molecular weight excluding hydrogens is 442 g/mol. The first-order valence-corrected chi connectivity index (χ1v) is 6.69. The molecule has 26 heavy (non-hydrogen) atoms. The van der Waals surface area contributed by atoms with Gasteiger partial charge in [-0.1, -0.05) is 0 Å². The first kappa shape index (κ1) is 24.7. The molecule has 0 atom stereocenters. The van der Waals surface area contributed by atoms with E-state index >= 15 is 0 Å². The molecule has 0 unspecified atom stereocenters. The summed E-state index contributed by atoms with van der Waals surface area (Å²) in [5.41, 5.74) is 0. The summed E-state index contributed by atoms with van der Waals surface area (Å²) in [7, 11) is -6.11. The zero-order chi connectivity index (χ0) is 21.8. The average Bonchev–Trinajstić information content (AvgIpc) is 2.34. The first-order valence-electron chi connectivity index (χ1n) is 5.19. The van der Waals surface area contributed by atoms with Crippen molar-refractivity contribution in [2.45, 2.75) is 35.8 Å². The van der Waals surface area contributed by atoms with E-state index in [9.17, 15) is 69.9 Å². The molecule has 0 aliphatic heterocycles. The quantitative estimate of drug-likeness (QED) is 0.488. The minimum absolute atomic E-state index is 1.88. The van der Waals surface area contributed by atoms with Gasteiger partial charge in [-0.15, -0.1) is 0 Å². The van der Waals surface area contributed by atoms with E-state index in [4.69, 9.17) is 4.55 Å². The molecule has 0 bridgehead atoms. The predicted molar refractivity (Wildman–Crippen MR) is 51.5 cm³/mol. The molecule has 0 heterocycles. The van der Waals surface area contributed by atoms with E-state index in [2.05, 4.69) is 0 Å². The molecular formula is C8H2F14O3S. The van der Waals surface area contributed by atoms with Crippen LogP contribution in [0.1, 0.15) is 0 Å². The predicted octanol–water partition coefficient (Wildman–Crippen LogP) is 4.42. The molecule has 156 valence electrons. The van der Waals surface area contributed by atoms with Gasteiger partial charge in [0.15, 0.2) is 5.83 Å². The lowest BCUT2D eigenvalue weighted by atomic mass is 9.93. The van der Waals surface area contributed by atoms with Crippen molar-refractivity contribution in [1.29, 1.82) is 0 Å². The highest BCUT2D eigenvalue weighted by Crippen LogP contribution is 2.61. The minimum Gasteiger partial charge on any atom is -0.282 e. The molecule has 0 amide bonds. The van der Waals surface area contributed by atoms with Crippen molar-refractivity contribution in [1.82, 2.24) is 0 Å². The largest absolute Gasteiger partial charge is 0.460 e. The van der Waals surface area contributed by atoms with Gasteiger partial charge in [0.05, 0.1) is 5.41 Å². The van der Waals surface area contributed by atoms with Gasteiger partial charge in [0.25, 0.3) is 10.1 Å². The highest BCUT2D eigenvalue weighted by atomic mass is 32.2. The van der Waals surface area contributed by atoms with Crippen molar-refractivity contribution in [2.75, 3.05) is 0 Å². The molecule has 0 radical (unpaired) electrons. The summed E-state index contributed by atoms with van der Waals surface area (Å²) in [6.45, 7) is 0. The normalized spacial score (nSPS) is 16.8. The maximum atomic E-state index is 13.0. The fourth-order valence-corrected chi connectivity index (χ4v) is 1.53. The second-order valence-corrected chi connectivity index (χ2v) is 5.62. The van der Waals surface area contributed by atoms with Gasteiger partial charge in [-0.05, 0) is 0 Å². The van der Waals surface area contributed by atoms with Crippen LogP contribution < -0.4 is 0 Å². The van der Waals surface area contributed by atoms with E-state index in [1.54, 1.807) is 0 Å². The minimum atomic E-state index is -8.27. The number of allylic oxidation sites excluding steroid dienone is 1. The highest BCUT2D eigenvalue weighted by molar-refractivity contribution is 7.88. The number of alkyl halides is 13. The van der Waals surface area contributed by atoms with Crippen molar-refractivity contribution < 1.29 is 74.4 Å². The Bertz CT molecular complexity index is 673. The highest BCUT2D eigenvalue weighted by Gasteiger charge is 2.91. The number of hydrogen-bond acceptors (Lipinski definition) is 2. The lowest BCUT2D eigenvalue weighted by Crippen LogP contribution is -2.70. The second kappa shape index (κ2) is 6.10. The Labute approximate surface area is 133 Å². The number of hydrogen-bond donors (Lipinski definition) is 1. The SMILES string of the molecule is O=S(=O)(O)/C=C(\F)C(F)(F)C(F)(F)C(F)(F)C(F)(F)C(F)(F)C(F)(F)F. The van der Waals surface area contributed by atoms with Crippen molar-refractivity contribution in [2.24, 2.45) is 0 Å². The summed E-state index contributed by atoms with van der Waals surface area (Å²) in [5.74, 6) is -44.2. The third-order valence-corrected chi connectivity index (χ3v) is 2.99.